The van der Waals surface area contributed by atoms with Gasteiger partial charge in [0.2, 0.25) is 5.91 Å². The maximum atomic E-state index is 12.8. The van der Waals surface area contributed by atoms with Crippen molar-refractivity contribution in [2.75, 3.05) is 13.7 Å². The Morgan fingerprint density at radius 3 is 2.61 bits per heavy atom. The van der Waals surface area contributed by atoms with E-state index in [0.29, 0.717) is 17.8 Å². The minimum absolute atomic E-state index is 0.00750. The van der Waals surface area contributed by atoms with Crippen molar-refractivity contribution < 1.29 is 9.53 Å². The van der Waals surface area contributed by atoms with Crippen LogP contribution in [0.3, 0.4) is 0 Å². The lowest BCUT2D eigenvalue weighted by Gasteiger charge is -2.34. The number of benzene rings is 1. The minimum Gasteiger partial charge on any atom is -0.493 e. The summed E-state index contributed by atoms with van der Waals surface area (Å²) in [5.41, 5.74) is 1.84. The van der Waals surface area contributed by atoms with E-state index in [0.717, 1.165) is 37.0 Å². The Hall–Kier alpha value is -1.62. The van der Waals surface area contributed by atoms with Gasteiger partial charge in [0.25, 0.3) is 0 Å². The molecule has 0 heterocycles. The zero-order valence-corrected chi connectivity index (χ0v) is 19.0. The second kappa shape index (κ2) is 10.2. The largest absolute Gasteiger partial charge is 0.493 e. The molecule has 0 atom stereocenters. The fourth-order valence-electron chi connectivity index (χ4n) is 3.66. The number of thiocarbonyl (C=S) groups is 1. The summed E-state index contributed by atoms with van der Waals surface area (Å²) >= 11 is 5.50. The summed E-state index contributed by atoms with van der Waals surface area (Å²) in [6, 6.07) is 6.68. The fraction of sp³-hybridized carbons (Fsp3) is 0.652. The van der Waals surface area contributed by atoms with E-state index in [-0.39, 0.29) is 5.91 Å². The maximum Gasteiger partial charge on any atom is 0.231 e. The number of nitrogens with zero attached hydrogens (tertiary/aromatic N) is 1. The standard InChI is InChI=1S/C23H36N2O2S/c1-17-12-13-18(2)20(16-17)27-15-9-14-23(3,4)21(26)24-22(28)25(5)19-10-7-6-8-11-19/h12-13,16,19H,6-11,14-15H2,1-5H3,(H,24,26,28). The van der Waals surface area contributed by atoms with Crippen LogP contribution in [0.1, 0.15) is 69.9 Å². The molecule has 0 aromatic heterocycles. The monoisotopic (exact) mass is 404 g/mol. The molecule has 1 amide bonds. The Bertz CT molecular complexity index is 681. The van der Waals surface area contributed by atoms with E-state index in [1.54, 1.807) is 0 Å². The highest BCUT2D eigenvalue weighted by Crippen LogP contribution is 2.25. The van der Waals surface area contributed by atoms with Crippen molar-refractivity contribution in [1.29, 1.82) is 0 Å². The number of hydrogen-bond donors (Lipinski definition) is 1. The van der Waals surface area contributed by atoms with Crippen molar-refractivity contribution in [1.82, 2.24) is 10.2 Å². The van der Waals surface area contributed by atoms with Gasteiger partial charge in [0.15, 0.2) is 5.11 Å². The van der Waals surface area contributed by atoms with E-state index >= 15 is 0 Å². The van der Waals surface area contributed by atoms with Gasteiger partial charge in [-0.05, 0) is 68.9 Å². The van der Waals surface area contributed by atoms with Gasteiger partial charge in [-0.15, -0.1) is 0 Å². The summed E-state index contributed by atoms with van der Waals surface area (Å²) in [5.74, 6) is 0.921. The third kappa shape index (κ3) is 6.47. The molecule has 28 heavy (non-hydrogen) atoms. The van der Waals surface area contributed by atoms with Crippen molar-refractivity contribution in [3.8, 4) is 5.75 Å². The van der Waals surface area contributed by atoms with Gasteiger partial charge in [0.05, 0.1) is 6.61 Å². The summed E-state index contributed by atoms with van der Waals surface area (Å²) in [6.45, 7) is 8.67. The van der Waals surface area contributed by atoms with E-state index in [1.165, 1.54) is 24.8 Å². The van der Waals surface area contributed by atoms with Crippen LogP contribution in [0.15, 0.2) is 18.2 Å². The molecule has 0 radical (unpaired) electrons. The van der Waals surface area contributed by atoms with E-state index in [4.69, 9.17) is 17.0 Å². The van der Waals surface area contributed by atoms with Crippen molar-refractivity contribution >= 4 is 23.2 Å². The average molecular weight is 405 g/mol. The number of aryl methyl sites for hydroxylation is 2. The van der Waals surface area contributed by atoms with Crippen LogP contribution in [0, 0.1) is 19.3 Å². The van der Waals surface area contributed by atoms with Crippen LogP contribution in [0.25, 0.3) is 0 Å². The minimum atomic E-state index is -0.484. The predicted octanol–water partition coefficient (Wildman–Crippen LogP) is 5.15. The lowest BCUT2D eigenvalue weighted by molar-refractivity contribution is -0.128. The molecule has 1 aromatic carbocycles. The molecule has 1 fully saturated rings. The number of nitrogens with one attached hydrogen (secondary N) is 1. The summed E-state index contributed by atoms with van der Waals surface area (Å²) in [5, 5.41) is 3.52. The number of ether oxygens (including phenoxy) is 1. The zero-order chi connectivity index (χ0) is 20.7. The summed E-state index contributed by atoms with van der Waals surface area (Å²) < 4.78 is 5.93. The van der Waals surface area contributed by atoms with Gasteiger partial charge >= 0.3 is 0 Å². The Labute approximate surface area is 176 Å². The van der Waals surface area contributed by atoms with Crippen LogP contribution in [0.5, 0.6) is 5.75 Å². The molecular formula is C23H36N2O2S. The Morgan fingerprint density at radius 1 is 1.25 bits per heavy atom. The highest BCUT2D eigenvalue weighted by atomic mass is 32.1. The fourth-order valence-corrected chi connectivity index (χ4v) is 3.90. The first-order chi connectivity index (χ1) is 13.2. The van der Waals surface area contributed by atoms with Crippen LogP contribution in [-0.2, 0) is 4.79 Å². The second-order valence-electron chi connectivity index (χ2n) is 8.77. The van der Waals surface area contributed by atoms with E-state index in [1.807, 2.05) is 20.9 Å². The van der Waals surface area contributed by atoms with E-state index in [2.05, 4.69) is 42.3 Å². The van der Waals surface area contributed by atoms with Gasteiger partial charge in [-0.2, -0.15) is 0 Å². The predicted molar refractivity (Wildman–Crippen MR) is 120 cm³/mol. The number of amides is 1. The SMILES string of the molecule is Cc1ccc(C)c(OCCCC(C)(C)C(=O)NC(=S)N(C)C2CCCCC2)c1. The topological polar surface area (TPSA) is 41.6 Å². The summed E-state index contributed by atoms with van der Waals surface area (Å²) in [7, 11) is 2.00. The smallest absolute Gasteiger partial charge is 0.231 e. The Balaban J connectivity index is 1.78. The molecule has 4 nitrogen and oxygen atoms in total. The molecule has 0 aliphatic heterocycles. The third-order valence-electron chi connectivity index (χ3n) is 5.83. The average Bonchev–Trinajstić information content (AvgIpc) is 2.67. The Kier molecular flexibility index (Phi) is 8.29. The molecular weight excluding hydrogens is 368 g/mol. The number of carbonyl (C=O) groups is 1. The van der Waals surface area contributed by atoms with E-state index in [9.17, 15) is 4.79 Å². The molecule has 1 aliphatic rings. The molecule has 0 unspecified atom stereocenters. The van der Waals surface area contributed by atoms with Crippen LogP contribution in [0.4, 0.5) is 0 Å². The quantitative estimate of drug-likeness (QED) is 0.504. The second-order valence-corrected chi connectivity index (χ2v) is 9.15. The number of rotatable bonds is 7. The van der Waals surface area contributed by atoms with E-state index < -0.39 is 5.41 Å². The highest BCUT2D eigenvalue weighted by molar-refractivity contribution is 7.80. The molecule has 1 aromatic rings. The van der Waals surface area contributed by atoms with Gasteiger partial charge in [-0.3, -0.25) is 4.79 Å². The zero-order valence-electron chi connectivity index (χ0n) is 18.1. The maximum absolute atomic E-state index is 12.8. The lowest BCUT2D eigenvalue weighted by Crippen LogP contribution is -2.49. The molecule has 1 N–H and O–H groups in total. The molecule has 2 rings (SSSR count). The molecule has 0 saturated heterocycles. The van der Waals surface area contributed by atoms with Gasteiger partial charge in [0.1, 0.15) is 5.75 Å². The lowest BCUT2D eigenvalue weighted by atomic mass is 9.87. The van der Waals surface area contributed by atoms with Crippen molar-refractivity contribution in [3.05, 3.63) is 29.3 Å². The molecule has 1 saturated carbocycles. The molecule has 5 heteroatoms. The van der Waals surface area contributed by atoms with Crippen molar-refractivity contribution in [2.24, 2.45) is 5.41 Å². The number of carbonyl (C=O) groups excluding carboxylic acids is 1. The third-order valence-corrected chi connectivity index (χ3v) is 6.22. The summed E-state index contributed by atoms with van der Waals surface area (Å²) in [4.78, 5) is 14.8. The van der Waals surface area contributed by atoms with Crippen LogP contribution >= 0.6 is 12.2 Å². The van der Waals surface area contributed by atoms with Crippen LogP contribution in [-0.4, -0.2) is 35.6 Å². The highest BCUT2D eigenvalue weighted by Gasteiger charge is 2.29. The van der Waals surface area contributed by atoms with Gasteiger partial charge in [0, 0.05) is 18.5 Å². The van der Waals surface area contributed by atoms with Gasteiger partial charge in [-0.1, -0.05) is 45.2 Å². The van der Waals surface area contributed by atoms with Gasteiger partial charge < -0.3 is 15.0 Å². The Morgan fingerprint density at radius 2 is 1.93 bits per heavy atom. The first-order valence-electron chi connectivity index (χ1n) is 10.5. The molecule has 0 bridgehead atoms. The number of hydrogen-bond acceptors (Lipinski definition) is 3. The van der Waals surface area contributed by atoms with Crippen LogP contribution in [0.2, 0.25) is 0 Å². The normalized spacial score (nSPS) is 15.2. The van der Waals surface area contributed by atoms with Crippen LogP contribution < -0.4 is 10.1 Å². The summed E-state index contributed by atoms with van der Waals surface area (Å²) in [6.07, 6.45) is 7.69. The van der Waals surface area contributed by atoms with Crippen molar-refractivity contribution in [3.63, 3.8) is 0 Å². The molecule has 1 aliphatic carbocycles. The molecule has 0 spiro atoms. The first-order valence-corrected chi connectivity index (χ1v) is 10.9. The van der Waals surface area contributed by atoms with Crippen molar-refractivity contribution in [2.45, 2.75) is 78.7 Å². The first kappa shape index (κ1) is 22.7. The molecule has 156 valence electrons. The van der Waals surface area contributed by atoms with Gasteiger partial charge in [-0.25, -0.2) is 0 Å².